The first kappa shape index (κ1) is 11.9. The highest BCUT2D eigenvalue weighted by Gasteiger charge is 2.06. The molecule has 1 heterocycles. The first-order chi connectivity index (χ1) is 8.70. The summed E-state index contributed by atoms with van der Waals surface area (Å²) in [7, 11) is 1.61. The fourth-order valence-corrected chi connectivity index (χ4v) is 1.56. The van der Waals surface area contributed by atoms with Gasteiger partial charge in [-0.1, -0.05) is 6.07 Å². The summed E-state index contributed by atoms with van der Waals surface area (Å²) in [6, 6.07) is 11.0. The van der Waals surface area contributed by atoms with Crippen LogP contribution in [-0.4, -0.2) is 17.9 Å². The molecule has 1 aromatic carbocycles. The average Bonchev–Trinajstić information content (AvgIpc) is 2.39. The van der Waals surface area contributed by atoms with Crippen LogP contribution in [0.25, 0.3) is 0 Å². The van der Waals surface area contributed by atoms with Gasteiger partial charge in [-0.3, -0.25) is 5.41 Å². The number of rotatable bonds is 4. The number of anilines is 2. The highest BCUT2D eigenvalue weighted by Crippen LogP contribution is 2.21. The van der Waals surface area contributed by atoms with E-state index in [0.717, 1.165) is 11.4 Å². The minimum atomic E-state index is -0.0199. The van der Waals surface area contributed by atoms with Crippen molar-refractivity contribution in [1.29, 1.82) is 5.41 Å². The molecule has 4 N–H and O–H groups in total. The second-order valence-corrected chi connectivity index (χ2v) is 3.67. The molecule has 0 fully saturated rings. The van der Waals surface area contributed by atoms with E-state index in [2.05, 4.69) is 10.3 Å². The molecule has 0 spiro atoms. The quantitative estimate of drug-likeness (QED) is 0.566. The molecule has 0 atom stereocenters. The Bertz CT molecular complexity index is 568. The largest absolute Gasteiger partial charge is 0.497 e. The molecule has 0 aliphatic carbocycles. The zero-order valence-electron chi connectivity index (χ0n) is 9.97. The van der Waals surface area contributed by atoms with Crippen LogP contribution >= 0.6 is 0 Å². The summed E-state index contributed by atoms with van der Waals surface area (Å²) in [6.07, 6.45) is 1.65. The molecule has 0 bridgehead atoms. The lowest BCUT2D eigenvalue weighted by atomic mass is 10.2. The summed E-state index contributed by atoms with van der Waals surface area (Å²) in [4.78, 5) is 4.18. The molecule has 2 rings (SSSR count). The highest BCUT2D eigenvalue weighted by molar-refractivity contribution is 5.99. The van der Waals surface area contributed by atoms with E-state index in [1.165, 1.54) is 0 Å². The third-order valence-corrected chi connectivity index (χ3v) is 2.43. The fraction of sp³-hybridized carbons (Fsp3) is 0.0769. The molecule has 92 valence electrons. The number of hydrogen-bond acceptors (Lipinski definition) is 4. The Morgan fingerprint density at radius 1 is 1.33 bits per heavy atom. The maximum absolute atomic E-state index is 7.49. The van der Waals surface area contributed by atoms with Crippen molar-refractivity contribution in [3.8, 4) is 5.75 Å². The topological polar surface area (TPSA) is 84.0 Å². The Morgan fingerprint density at radius 3 is 2.89 bits per heavy atom. The van der Waals surface area contributed by atoms with Gasteiger partial charge in [-0.05, 0) is 24.3 Å². The van der Waals surface area contributed by atoms with E-state index in [9.17, 15) is 0 Å². The Balaban J connectivity index is 2.31. The maximum atomic E-state index is 7.49. The van der Waals surface area contributed by atoms with Crippen LogP contribution in [0.1, 0.15) is 5.56 Å². The van der Waals surface area contributed by atoms with Gasteiger partial charge in [0.25, 0.3) is 0 Å². The summed E-state index contributed by atoms with van der Waals surface area (Å²) >= 11 is 0. The Morgan fingerprint density at radius 2 is 2.17 bits per heavy atom. The summed E-state index contributed by atoms with van der Waals surface area (Å²) < 4.78 is 5.14. The Labute approximate surface area is 105 Å². The minimum absolute atomic E-state index is 0.0199. The number of benzene rings is 1. The molecule has 0 radical (unpaired) electrons. The van der Waals surface area contributed by atoms with E-state index >= 15 is 0 Å². The van der Waals surface area contributed by atoms with Crippen molar-refractivity contribution in [2.45, 2.75) is 0 Å². The molecular weight excluding hydrogens is 228 g/mol. The van der Waals surface area contributed by atoms with Gasteiger partial charge in [-0.2, -0.15) is 0 Å². The molecule has 0 saturated carbocycles. The first-order valence-electron chi connectivity index (χ1n) is 5.41. The molecule has 5 heteroatoms. The van der Waals surface area contributed by atoms with Gasteiger partial charge < -0.3 is 15.8 Å². The monoisotopic (exact) mass is 242 g/mol. The second kappa shape index (κ2) is 5.18. The molecular formula is C13H14N4O. The van der Waals surface area contributed by atoms with Crippen molar-refractivity contribution in [3.05, 3.63) is 48.2 Å². The van der Waals surface area contributed by atoms with E-state index in [4.69, 9.17) is 15.9 Å². The number of methoxy groups -OCH3 is 1. The van der Waals surface area contributed by atoms with Gasteiger partial charge in [-0.15, -0.1) is 0 Å². The molecule has 0 unspecified atom stereocenters. The van der Waals surface area contributed by atoms with Crippen LogP contribution < -0.4 is 15.8 Å². The number of nitrogens with two attached hydrogens (primary N) is 1. The summed E-state index contributed by atoms with van der Waals surface area (Å²) in [5.74, 6) is 1.28. The van der Waals surface area contributed by atoms with Gasteiger partial charge in [-0.25, -0.2) is 4.98 Å². The lowest BCUT2D eigenvalue weighted by molar-refractivity contribution is 0.415. The van der Waals surface area contributed by atoms with Gasteiger partial charge in [0.15, 0.2) is 0 Å². The smallest absolute Gasteiger partial charge is 0.141 e. The van der Waals surface area contributed by atoms with Crippen molar-refractivity contribution < 1.29 is 4.74 Å². The van der Waals surface area contributed by atoms with Gasteiger partial charge >= 0.3 is 0 Å². The van der Waals surface area contributed by atoms with Gasteiger partial charge in [0.2, 0.25) is 0 Å². The SMILES string of the molecule is COc1cccc(Nc2ncccc2C(=N)N)c1. The number of amidine groups is 1. The van der Waals surface area contributed by atoms with Crippen molar-refractivity contribution >= 4 is 17.3 Å². The van der Waals surface area contributed by atoms with Crippen LogP contribution in [0.15, 0.2) is 42.6 Å². The van der Waals surface area contributed by atoms with Crippen LogP contribution in [-0.2, 0) is 0 Å². The van der Waals surface area contributed by atoms with Crippen LogP contribution in [0.4, 0.5) is 11.5 Å². The van der Waals surface area contributed by atoms with Crippen LogP contribution in [0.5, 0.6) is 5.75 Å². The zero-order chi connectivity index (χ0) is 13.0. The molecule has 0 saturated heterocycles. The van der Waals surface area contributed by atoms with Crippen molar-refractivity contribution in [3.63, 3.8) is 0 Å². The number of nitrogen functional groups attached to an aromatic ring is 1. The Hall–Kier alpha value is -2.56. The lowest BCUT2D eigenvalue weighted by Gasteiger charge is -2.10. The van der Waals surface area contributed by atoms with E-state index in [1.807, 2.05) is 24.3 Å². The van der Waals surface area contributed by atoms with Crippen molar-refractivity contribution in [2.24, 2.45) is 5.73 Å². The zero-order valence-corrected chi connectivity index (χ0v) is 9.97. The molecule has 0 aliphatic rings. The van der Waals surface area contributed by atoms with E-state index in [-0.39, 0.29) is 5.84 Å². The van der Waals surface area contributed by atoms with Crippen LogP contribution in [0, 0.1) is 5.41 Å². The highest BCUT2D eigenvalue weighted by atomic mass is 16.5. The average molecular weight is 242 g/mol. The van der Waals surface area contributed by atoms with Gasteiger partial charge in [0.1, 0.15) is 17.4 Å². The fourth-order valence-electron chi connectivity index (χ4n) is 1.56. The van der Waals surface area contributed by atoms with Crippen molar-refractivity contribution in [1.82, 2.24) is 4.98 Å². The van der Waals surface area contributed by atoms with Crippen LogP contribution in [0.2, 0.25) is 0 Å². The molecule has 2 aromatic rings. The molecule has 5 nitrogen and oxygen atoms in total. The number of nitrogens with one attached hydrogen (secondary N) is 2. The van der Waals surface area contributed by atoms with Gasteiger partial charge in [0.05, 0.1) is 12.7 Å². The molecule has 1 aromatic heterocycles. The van der Waals surface area contributed by atoms with Gasteiger partial charge in [0, 0.05) is 18.0 Å². The Kier molecular flexibility index (Phi) is 3.43. The number of aromatic nitrogens is 1. The first-order valence-corrected chi connectivity index (χ1v) is 5.41. The molecule has 18 heavy (non-hydrogen) atoms. The third-order valence-electron chi connectivity index (χ3n) is 2.43. The van der Waals surface area contributed by atoms with E-state index < -0.39 is 0 Å². The summed E-state index contributed by atoms with van der Waals surface area (Å²) in [5, 5.41) is 10.6. The number of hydrogen-bond donors (Lipinski definition) is 3. The predicted octanol–water partition coefficient (Wildman–Crippen LogP) is 2.12. The summed E-state index contributed by atoms with van der Waals surface area (Å²) in [6.45, 7) is 0. The maximum Gasteiger partial charge on any atom is 0.141 e. The van der Waals surface area contributed by atoms with Crippen LogP contribution in [0.3, 0.4) is 0 Å². The van der Waals surface area contributed by atoms with E-state index in [0.29, 0.717) is 11.4 Å². The third kappa shape index (κ3) is 2.57. The molecule has 0 amide bonds. The predicted molar refractivity (Wildman–Crippen MR) is 71.5 cm³/mol. The second-order valence-electron chi connectivity index (χ2n) is 3.67. The summed E-state index contributed by atoms with van der Waals surface area (Å²) in [5.41, 5.74) is 6.90. The standard InChI is InChI=1S/C13H14N4O/c1-18-10-5-2-4-9(8-10)17-13-11(12(14)15)6-3-7-16-13/h2-8H,1H3,(H3,14,15)(H,16,17). The minimum Gasteiger partial charge on any atom is -0.497 e. The molecule has 0 aliphatic heterocycles. The van der Waals surface area contributed by atoms with Crippen molar-refractivity contribution in [2.75, 3.05) is 12.4 Å². The normalized spacial score (nSPS) is 9.83. The van der Waals surface area contributed by atoms with E-state index in [1.54, 1.807) is 25.4 Å². The number of nitrogens with zero attached hydrogens (tertiary/aromatic N) is 1. The number of ether oxygens (including phenoxy) is 1. The number of pyridine rings is 1. The lowest BCUT2D eigenvalue weighted by Crippen LogP contribution is -2.14.